The molecule has 5 heteroatoms. The molecule has 0 bridgehead atoms. The zero-order valence-electron chi connectivity index (χ0n) is 10.7. The Hall–Kier alpha value is -2.14. The number of para-hydroxylation sites is 1. The number of benzene rings is 1. The second kappa shape index (κ2) is 5.67. The average Bonchev–Trinajstić information content (AvgIpc) is 2.88. The largest absolute Gasteiger partial charge is 0.326 e. The second-order valence-electron chi connectivity index (χ2n) is 4.15. The number of aryl methyl sites for hydroxylation is 2. The van der Waals surface area contributed by atoms with E-state index in [0.717, 1.165) is 16.8 Å². The van der Waals surface area contributed by atoms with Gasteiger partial charge in [-0.25, -0.2) is 4.79 Å². The number of carbonyl (C=O) groups is 2. The number of rotatable bonds is 2. The Labute approximate surface area is 115 Å². The van der Waals surface area contributed by atoms with Gasteiger partial charge >= 0.3 is 6.03 Å². The zero-order chi connectivity index (χ0) is 13.8. The van der Waals surface area contributed by atoms with Gasteiger partial charge in [-0.05, 0) is 36.4 Å². The summed E-state index contributed by atoms with van der Waals surface area (Å²) < 4.78 is 0. The van der Waals surface area contributed by atoms with Crippen molar-refractivity contribution in [1.29, 1.82) is 0 Å². The van der Waals surface area contributed by atoms with Gasteiger partial charge in [0.1, 0.15) is 0 Å². The molecule has 3 amide bonds. The number of hydrogen-bond acceptors (Lipinski definition) is 3. The first-order valence-corrected chi connectivity index (χ1v) is 6.68. The van der Waals surface area contributed by atoms with Crippen molar-refractivity contribution in [3.63, 3.8) is 0 Å². The van der Waals surface area contributed by atoms with Crippen LogP contribution in [0.5, 0.6) is 0 Å². The van der Waals surface area contributed by atoms with E-state index in [2.05, 4.69) is 10.6 Å². The fraction of sp³-hybridized carbons (Fsp3) is 0.143. The van der Waals surface area contributed by atoms with Crippen LogP contribution in [-0.4, -0.2) is 11.9 Å². The summed E-state index contributed by atoms with van der Waals surface area (Å²) in [5.41, 5.74) is 2.65. The van der Waals surface area contributed by atoms with Crippen molar-refractivity contribution < 1.29 is 9.59 Å². The number of nitrogens with one attached hydrogen (secondary N) is 2. The highest BCUT2D eigenvalue weighted by Crippen LogP contribution is 2.19. The van der Waals surface area contributed by atoms with Crippen LogP contribution in [0.25, 0.3) is 0 Å². The van der Waals surface area contributed by atoms with Gasteiger partial charge in [-0.15, -0.1) is 11.3 Å². The van der Waals surface area contributed by atoms with Crippen molar-refractivity contribution in [1.82, 2.24) is 5.32 Å². The minimum absolute atomic E-state index is 0.390. The highest BCUT2D eigenvalue weighted by molar-refractivity contribution is 7.12. The molecule has 0 aliphatic heterocycles. The van der Waals surface area contributed by atoms with Crippen molar-refractivity contribution in [2.75, 3.05) is 5.32 Å². The van der Waals surface area contributed by atoms with Gasteiger partial charge in [0.05, 0.1) is 4.88 Å². The maximum absolute atomic E-state index is 11.8. The molecule has 0 saturated heterocycles. The minimum atomic E-state index is -0.518. The van der Waals surface area contributed by atoms with Gasteiger partial charge in [-0.1, -0.05) is 24.3 Å². The summed E-state index contributed by atoms with van der Waals surface area (Å²) in [7, 11) is 0. The van der Waals surface area contributed by atoms with Crippen LogP contribution >= 0.6 is 11.3 Å². The van der Waals surface area contributed by atoms with Crippen LogP contribution in [0, 0.1) is 13.8 Å². The third-order valence-electron chi connectivity index (χ3n) is 2.69. The monoisotopic (exact) mass is 274 g/mol. The van der Waals surface area contributed by atoms with Crippen molar-refractivity contribution >= 4 is 29.0 Å². The molecule has 98 valence electrons. The Morgan fingerprint density at radius 3 is 2.32 bits per heavy atom. The van der Waals surface area contributed by atoms with Gasteiger partial charge in [0.25, 0.3) is 5.91 Å². The van der Waals surface area contributed by atoms with E-state index in [9.17, 15) is 9.59 Å². The van der Waals surface area contributed by atoms with E-state index in [1.165, 1.54) is 11.3 Å². The SMILES string of the molecule is Cc1cccc(C)c1NC(=O)NC(=O)c1cccs1. The van der Waals surface area contributed by atoms with Crippen molar-refractivity contribution in [2.24, 2.45) is 0 Å². The minimum Gasteiger partial charge on any atom is -0.307 e. The molecule has 1 aromatic heterocycles. The van der Waals surface area contributed by atoms with E-state index in [0.29, 0.717) is 4.88 Å². The topological polar surface area (TPSA) is 58.2 Å². The molecule has 0 radical (unpaired) electrons. The molecule has 0 aliphatic carbocycles. The molecule has 0 atom stereocenters. The molecule has 0 fully saturated rings. The molecule has 2 rings (SSSR count). The number of urea groups is 1. The summed E-state index contributed by atoms with van der Waals surface area (Å²) in [6.07, 6.45) is 0. The normalized spacial score (nSPS) is 10.0. The van der Waals surface area contributed by atoms with E-state index >= 15 is 0 Å². The van der Waals surface area contributed by atoms with Gasteiger partial charge in [0.2, 0.25) is 0 Å². The molecular formula is C14H14N2O2S. The first kappa shape index (κ1) is 13.3. The van der Waals surface area contributed by atoms with Gasteiger partial charge < -0.3 is 5.32 Å². The number of carbonyl (C=O) groups excluding carboxylic acids is 2. The van der Waals surface area contributed by atoms with Gasteiger partial charge in [-0.2, -0.15) is 0 Å². The standard InChI is InChI=1S/C14H14N2O2S/c1-9-5-3-6-10(2)12(9)15-14(18)16-13(17)11-7-4-8-19-11/h3-8H,1-2H3,(H2,15,16,17,18). The van der Waals surface area contributed by atoms with Crippen LogP contribution in [0.1, 0.15) is 20.8 Å². The summed E-state index contributed by atoms with van der Waals surface area (Å²) in [4.78, 5) is 24.0. The molecule has 1 aromatic carbocycles. The Balaban J connectivity index is 2.04. The predicted molar refractivity (Wildman–Crippen MR) is 76.7 cm³/mol. The molecule has 19 heavy (non-hydrogen) atoms. The molecule has 4 nitrogen and oxygen atoms in total. The molecule has 0 unspecified atom stereocenters. The van der Waals surface area contributed by atoms with E-state index in [4.69, 9.17) is 0 Å². The Morgan fingerprint density at radius 2 is 1.74 bits per heavy atom. The lowest BCUT2D eigenvalue weighted by Gasteiger charge is -2.11. The fourth-order valence-electron chi connectivity index (χ4n) is 1.73. The third kappa shape index (κ3) is 3.20. The smallest absolute Gasteiger partial charge is 0.307 e. The number of thiophene rings is 1. The van der Waals surface area contributed by atoms with Crippen LogP contribution in [0.15, 0.2) is 35.7 Å². The van der Waals surface area contributed by atoms with Gasteiger partial charge in [0, 0.05) is 5.69 Å². The predicted octanol–water partition coefficient (Wildman–Crippen LogP) is 3.33. The summed E-state index contributed by atoms with van der Waals surface area (Å²) in [5, 5.41) is 6.80. The molecule has 1 heterocycles. The highest BCUT2D eigenvalue weighted by atomic mass is 32.1. The molecule has 0 spiro atoms. The Kier molecular flexibility index (Phi) is 3.97. The maximum atomic E-state index is 11.8. The van der Waals surface area contributed by atoms with Crippen LogP contribution in [0.4, 0.5) is 10.5 Å². The fourth-order valence-corrected chi connectivity index (χ4v) is 2.35. The van der Waals surface area contributed by atoms with Crippen molar-refractivity contribution in [3.8, 4) is 0 Å². The van der Waals surface area contributed by atoms with Crippen LogP contribution < -0.4 is 10.6 Å². The number of anilines is 1. The molecule has 0 saturated carbocycles. The zero-order valence-corrected chi connectivity index (χ0v) is 11.5. The van der Waals surface area contributed by atoms with E-state index in [1.54, 1.807) is 17.5 Å². The van der Waals surface area contributed by atoms with Crippen LogP contribution in [-0.2, 0) is 0 Å². The molecule has 2 N–H and O–H groups in total. The summed E-state index contributed by atoms with van der Waals surface area (Å²) in [5.74, 6) is -0.390. The first-order chi connectivity index (χ1) is 9.08. The summed E-state index contributed by atoms with van der Waals surface area (Å²) >= 11 is 1.29. The maximum Gasteiger partial charge on any atom is 0.326 e. The van der Waals surface area contributed by atoms with E-state index < -0.39 is 11.9 Å². The van der Waals surface area contributed by atoms with E-state index in [1.807, 2.05) is 32.0 Å². The first-order valence-electron chi connectivity index (χ1n) is 5.80. The molecular weight excluding hydrogens is 260 g/mol. The Bertz CT molecular complexity index is 586. The lowest BCUT2D eigenvalue weighted by Crippen LogP contribution is -2.34. The molecule has 0 aliphatic rings. The number of hydrogen-bond donors (Lipinski definition) is 2. The van der Waals surface area contributed by atoms with Crippen LogP contribution in [0.2, 0.25) is 0 Å². The lowest BCUT2D eigenvalue weighted by atomic mass is 10.1. The highest BCUT2D eigenvalue weighted by Gasteiger charge is 2.12. The second-order valence-corrected chi connectivity index (χ2v) is 5.10. The quantitative estimate of drug-likeness (QED) is 0.882. The number of amides is 3. The van der Waals surface area contributed by atoms with Crippen molar-refractivity contribution in [2.45, 2.75) is 13.8 Å². The molecule has 2 aromatic rings. The van der Waals surface area contributed by atoms with E-state index in [-0.39, 0.29) is 0 Å². The van der Waals surface area contributed by atoms with Crippen molar-refractivity contribution in [3.05, 3.63) is 51.7 Å². The third-order valence-corrected chi connectivity index (χ3v) is 3.56. The van der Waals surface area contributed by atoms with Crippen LogP contribution in [0.3, 0.4) is 0 Å². The lowest BCUT2D eigenvalue weighted by molar-refractivity contribution is 0.0971. The average molecular weight is 274 g/mol. The summed E-state index contributed by atoms with van der Waals surface area (Å²) in [6, 6.07) is 8.66. The van der Waals surface area contributed by atoms with Gasteiger partial charge in [0.15, 0.2) is 0 Å². The van der Waals surface area contributed by atoms with Gasteiger partial charge in [-0.3, -0.25) is 10.1 Å². The Morgan fingerprint density at radius 1 is 1.05 bits per heavy atom. The summed E-state index contributed by atoms with van der Waals surface area (Å²) in [6.45, 7) is 3.81. The number of imide groups is 1.